The van der Waals surface area contributed by atoms with E-state index in [1.807, 2.05) is 10.3 Å². The van der Waals surface area contributed by atoms with E-state index in [0.29, 0.717) is 4.57 Å². The smallest absolute Gasteiger partial charge is 0.330 e. The standard InChI is InChI=1S/C17H25N3O18P2/c1-5(21)18-8-10(24)11(25)13(15(27)28)36-16(8)37-40(32,33)38-39(30,31)34-4-6-9(23)12(26)14(35-6)20-3-2-7(22)19-17(20)29/h2-3,6,8-14,16,23-26H,4H2,1H3,(H,18,21)(H,27,28)(H,30,31)(H,32,33)(H,19,22,29)/p-3. The van der Waals surface area contributed by atoms with Crippen LogP contribution in [-0.4, -0.2) is 97.4 Å². The average molecular weight is 618 g/mol. The van der Waals surface area contributed by atoms with Gasteiger partial charge in [-0.25, -0.2) is 9.11 Å². The number of rotatable bonds is 10. The van der Waals surface area contributed by atoms with Crippen LogP contribution in [0.1, 0.15) is 13.2 Å². The van der Waals surface area contributed by atoms with Crippen LogP contribution in [0, 0.1) is 0 Å². The molecule has 0 aromatic carbocycles. The molecule has 0 saturated carbocycles. The minimum absolute atomic E-state index is 0.670. The second-order valence-corrected chi connectivity index (χ2v) is 11.3. The number of hydrogen-bond acceptors (Lipinski definition) is 18. The fourth-order valence-corrected chi connectivity index (χ4v) is 5.80. The monoisotopic (exact) mass is 618 g/mol. The van der Waals surface area contributed by atoms with E-state index in [4.69, 9.17) is 9.47 Å². The number of nitrogens with one attached hydrogen (secondary N) is 2. The number of hydrogen-bond donors (Lipinski definition) is 6. The Kier molecular flexibility index (Phi) is 9.85. The van der Waals surface area contributed by atoms with Crippen LogP contribution in [0.2, 0.25) is 0 Å². The lowest BCUT2D eigenvalue weighted by atomic mass is 9.97. The van der Waals surface area contributed by atoms with E-state index >= 15 is 0 Å². The van der Waals surface area contributed by atoms with E-state index in [-0.39, 0.29) is 0 Å². The van der Waals surface area contributed by atoms with Crippen molar-refractivity contribution >= 4 is 27.5 Å². The van der Waals surface area contributed by atoms with E-state index < -0.39 is 101 Å². The average Bonchev–Trinajstić information content (AvgIpc) is 3.09. The normalized spacial score (nSPS) is 35.4. The number of phosphoric acid groups is 2. The van der Waals surface area contributed by atoms with Crippen LogP contribution >= 0.6 is 15.6 Å². The van der Waals surface area contributed by atoms with Crippen LogP contribution in [0.5, 0.6) is 0 Å². The van der Waals surface area contributed by atoms with Crippen molar-refractivity contribution in [2.75, 3.05) is 6.61 Å². The lowest BCUT2D eigenvalue weighted by Crippen LogP contribution is -2.66. The Bertz CT molecular complexity index is 1320. The number of aromatic nitrogens is 2. The molecule has 0 spiro atoms. The zero-order chi connectivity index (χ0) is 30.2. The van der Waals surface area contributed by atoms with Crippen molar-refractivity contribution in [1.29, 1.82) is 0 Å². The number of amides is 1. The molecular formula is C17H22N3O18P2-3. The molecule has 21 nitrogen and oxygen atoms in total. The van der Waals surface area contributed by atoms with Crippen LogP contribution in [0.25, 0.3) is 0 Å². The van der Waals surface area contributed by atoms with Gasteiger partial charge in [0.2, 0.25) is 5.91 Å². The van der Waals surface area contributed by atoms with Crippen LogP contribution in [0.4, 0.5) is 0 Å². The Balaban J connectivity index is 1.68. The molecule has 0 aliphatic carbocycles. The lowest BCUT2D eigenvalue weighted by molar-refractivity contribution is -0.340. The third kappa shape index (κ3) is 7.47. The maximum atomic E-state index is 12.3. The van der Waals surface area contributed by atoms with Gasteiger partial charge >= 0.3 is 5.69 Å². The molecular weight excluding hydrogens is 596 g/mol. The molecule has 0 bridgehead atoms. The summed E-state index contributed by atoms with van der Waals surface area (Å²) in [5, 5.41) is 53.3. The Hall–Kier alpha value is -2.36. The number of carboxylic acids is 1. The van der Waals surface area contributed by atoms with Crippen molar-refractivity contribution < 1.29 is 76.9 Å². The Morgan fingerprint density at radius 3 is 2.30 bits per heavy atom. The highest BCUT2D eigenvalue weighted by Gasteiger charge is 2.48. The molecule has 23 heteroatoms. The van der Waals surface area contributed by atoms with Gasteiger partial charge in [-0.2, -0.15) is 0 Å². The predicted molar refractivity (Wildman–Crippen MR) is 114 cm³/mol. The third-order valence-corrected chi connectivity index (χ3v) is 8.03. The number of carboxylic acid groups (broad SMARTS) is 1. The largest absolute Gasteiger partial charge is 0.756 e. The number of nitrogens with zero attached hydrogens (tertiary/aromatic N) is 1. The fourth-order valence-electron chi connectivity index (χ4n) is 3.72. The number of H-pyrrole nitrogens is 1. The zero-order valence-corrected chi connectivity index (χ0v) is 21.7. The third-order valence-electron chi connectivity index (χ3n) is 5.50. The number of phosphoric ester groups is 2. The highest BCUT2D eigenvalue weighted by molar-refractivity contribution is 7.59. The Labute approximate surface area is 221 Å². The first-order valence-electron chi connectivity index (χ1n) is 10.9. The van der Waals surface area contributed by atoms with Gasteiger partial charge in [0.05, 0.1) is 12.6 Å². The van der Waals surface area contributed by atoms with Gasteiger partial charge in [-0.05, 0) is 0 Å². The van der Waals surface area contributed by atoms with Gasteiger partial charge in [-0.15, -0.1) is 0 Å². The van der Waals surface area contributed by atoms with Crippen molar-refractivity contribution in [1.82, 2.24) is 14.9 Å². The van der Waals surface area contributed by atoms with Gasteiger partial charge in [0.25, 0.3) is 21.2 Å². The van der Waals surface area contributed by atoms with Crippen LogP contribution in [0.15, 0.2) is 21.9 Å². The molecule has 3 heterocycles. The summed E-state index contributed by atoms with van der Waals surface area (Å²) in [6.45, 7) is -0.289. The Morgan fingerprint density at radius 1 is 1.07 bits per heavy atom. The molecule has 2 aliphatic rings. The van der Waals surface area contributed by atoms with Crippen molar-refractivity contribution in [2.24, 2.45) is 0 Å². The van der Waals surface area contributed by atoms with Crippen molar-refractivity contribution in [2.45, 2.75) is 62.1 Å². The number of carbonyl (C=O) groups excluding carboxylic acids is 2. The predicted octanol–water partition coefficient (Wildman–Crippen LogP) is -7.16. The quantitative estimate of drug-likeness (QED) is 0.133. The summed E-state index contributed by atoms with van der Waals surface area (Å²) in [5.41, 5.74) is -1.83. The summed E-state index contributed by atoms with van der Waals surface area (Å²) >= 11 is 0. The van der Waals surface area contributed by atoms with Crippen molar-refractivity contribution in [3.8, 4) is 0 Å². The van der Waals surface area contributed by atoms with Crippen molar-refractivity contribution in [3.05, 3.63) is 33.1 Å². The fraction of sp³-hybridized carbons (Fsp3) is 0.647. The van der Waals surface area contributed by atoms with Gasteiger partial charge in [0.15, 0.2) is 12.5 Å². The number of aliphatic carboxylic acids is 1. The molecule has 1 amide bonds. The first-order chi connectivity index (χ1) is 18.4. The van der Waals surface area contributed by atoms with E-state index in [0.717, 1.165) is 19.2 Å². The number of ether oxygens (including phenoxy) is 2. The molecule has 11 unspecified atom stereocenters. The summed E-state index contributed by atoms with van der Waals surface area (Å²) in [6, 6.07) is -1.06. The summed E-state index contributed by atoms with van der Waals surface area (Å²) in [4.78, 5) is 72.0. The summed E-state index contributed by atoms with van der Waals surface area (Å²) < 4.78 is 47.6. The molecule has 6 N–H and O–H groups in total. The minimum atomic E-state index is -6.09. The van der Waals surface area contributed by atoms with E-state index in [9.17, 15) is 63.6 Å². The molecule has 2 saturated heterocycles. The van der Waals surface area contributed by atoms with Gasteiger partial charge in [-0.1, -0.05) is 0 Å². The zero-order valence-electron chi connectivity index (χ0n) is 19.9. The molecule has 226 valence electrons. The molecule has 2 aliphatic heterocycles. The molecule has 40 heavy (non-hydrogen) atoms. The summed E-state index contributed by atoms with van der Waals surface area (Å²) in [5.74, 6) is -3.06. The number of carbonyl (C=O) groups is 2. The van der Waals surface area contributed by atoms with Gasteiger partial charge in [0, 0.05) is 19.2 Å². The highest BCUT2D eigenvalue weighted by atomic mass is 31.3. The molecule has 11 atom stereocenters. The first-order valence-corrected chi connectivity index (χ1v) is 13.8. The van der Waals surface area contributed by atoms with Gasteiger partial charge in [0.1, 0.15) is 42.7 Å². The maximum absolute atomic E-state index is 12.3. The molecule has 1 aromatic rings. The van der Waals surface area contributed by atoms with Gasteiger partial charge < -0.3 is 59.4 Å². The first kappa shape index (κ1) is 32.2. The van der Waals surface area contributed by atoms with Crippen LogP contribution < -0.4 is 31.5 Å². The number of aliphatic hydroxyl groups is 4. The summed E-state index contributed by atoms with van der Waals surface area (Å²) in [6.07, 6.45) is -15.4. The van der Waals surface area contributed by atoms with Gasteiger partial charge in [-0.3, -0.25) is 32.8 Å². The number of aromatic amines is 1. The molecule has 2 fully saturated rings. The van der Waals surface area contributed by atoms with Crippen LogP contribution in [-0.2, 0) is 41.6 Å². The molecule has 0 radical (unpaired) electrons. The Morgan fingerprint density at radius 2 is 1.73 bits per heavy atom. The van der Waals surface area contributed by atoms with Crippen LogP contribution in [0.3, 0.4) is 0 Å². The SMILES string of the molecule is CC(=O)NC1C(OP(=O)([O-])OP(=O)([O-])OCC2OC(n3ccc(=O)[nH]c3=O)C(O)C2O)OC(C(=O)[O-])C(O)C1O. The second kappa shape index (κ2) is 12.2. The molecule has 1 aromatic heterocycles. The second-order valence-electron chi connectivity index (χ2n) is 8.39. The highest BCUT2D eigenvalue weighted by Crippen LogP contribution is 2.57. The van der Waals surface area contributed by atoms with Crippen molar-refractivity contribution in [3.63, 3.8) is 0 Å². The maximum Gasteiger partial charge on any atom is 0.330 e. The molecule has 3 rings (SSSR count). The topological polar surface area (TPSA) is 331 Å². The minimum Gasteiger partial charge on any atom is -0.756 e. The summed E-state index contributed by atoms with van der Waals surface area (Å²) in [7, 11) is -12.0. The lowest BCUT2D eigenvalue weighted by Gasteiger charge is -2.44. The van der Waals surface area contributed by atoms with E-state index in [1.54, 1.807) is 0 Å². The number of aliphatic hydroxyl groups excluding tert-OH is 4. The van der Waals surface area contributed by atoms with E-state index in [2.05, 4.69) is 13.4 Å². The van der Waals surface area contributed by atoms with E-state index in [1.165, 1.54) is 0 Å².